The molecule has 0 heterocycles. The first-order valence-electron chi connectivity index (χ1n) is 6.46. The van der Waals surface area contributed by atoms with Crippen LogP contribution in [0.3, 0.4) is 0 Å². The average Bonchev–Trinajstić information content (AvgIpc) is 2.41. The van der Waals surface area contributed by atoms with Crippen molar-refractivity contribution in [2.24, 2.45) is 0 Å². The third kappa shape index (κ3) is 2.98. The van der Waals surface area contributed by atoms with Crippen LogP contribution >= 0.6 is 0 Å². The highest BCUT2D eigenvalue weighted by molar-refractivity contribution is 5.85. The summed E-state index contributed by atoms with van der Waals surface area (Å²) in [6.45, 7) is 2.19. The lowest BCUT2D eigenvalue weighted by Crippen LogP contribution is -2.43. The molecule has 0 saturated heterocycles. The fourth-order valence-corrected chi connectivity index (χ4v) is 2.63. The number of ether oxygens (including phenoxy) is 1. The monoisotopic (exact) mass is 263 g/mol. The number of hydrogen-bond donors (Lipinski definition) is 0. The van der Waals surface area contributed by atoms with E-state index in [0.717, 1.165) is 5.56 Å². The molecule has 0 aliphatic heterocycles. The number of carbonyl (C=O) groups excluding carboxylic acids is 1. The summed E-state index contributed by atoms with van der Waals surface area (Å²) in [4.78, 5) is 22.9. The second-order valence-electron chi connectivity index (χ2n) is 4.72. The molecule has 2 rings (SSSR count). The lowest BCUT2D eigenvalue weighted by atomic mass is 9.78. The van der Waals surface area contributed by atoms with Crippen molar-refractivity contribution in [2.75, 3.05) is 6.61 Å². The van der Waals surface area contributed by atoms with Crippen LogP contribution in [0.2, 0.25) is 0 Å². The van der Waals surface area contributed by atoms with Gasteiger partial charge in [-0.25, -0.2) is 0 Å². The third-order valence-corrected chi connectivity index (χ3v) is 3.57. The number of benzene rings is 1. The van der Waals surface area contributed by atoms with Crippen molar-refractivity contribution < 1.29 is 14.5 Å². The maximum absolute atomic E-state index is 12.0. The molecule has 1 aliphatic rings. The molecule has 1 fully saturated rings. The van der Waals surface area contributed by atoms with Gasteiger partial charge in [0.1, 0.15) is 6.10 Å². The normalized spacial score (nSPS) is 27.2. The van der Waals surface area contributed by atoms with Crippen LogP contribution in [0.5, 0.6) is 0 Å². The van der Waals surface area contributed by atoms with Crippen molar-refractivity contribution in [3.05, 3.63) is 46.0 Å². The van der Waals surface area contributed by atoms with Gasteiger partial charge in [0.2, 0.25) is 6.04 Å². The van der Waals surface area contributed by atoms with E-state index in [1.807, 2.05) is 30.3 Å². The zero-order chi connectivity index (χ0) is 13.8. The smallest absolute Gasteiger partial charge is 0.223 e. The van der Waals surface area contributed by atoms with Crippen LogP contribution in [0, 0.1) is 10.1 Å². The summed E-state index contributed by atoms with van der Waals surface area (Å²) in [5.74, 6) is -0.380. The van der Waals surface area contributed by atoms with E-state index in [1.54, 1.807) is 6.92 Å². The molecule has 1 aromatic carbocycles. The van der Waals surface area contributed by atoms with E-state index in [1.165, 1.54) is 0 Å². The quantitative estimate of drug-likeness (QED) is 0.616. The number of Topliss-reactive ketones (excluding diaryl/α,β-unsaturated/α-hetero) is 1. The number of hydrogen-bond acceptors (Lipinski definition) is 4. The SMILES string of the molecule is CCO[C@H]1C[C@@H]([N+](=O)[O-])[C@H](c2ccccc2)CC1=O. The van der Waals surface area contributed by atoms with Crippen molar-refractivity contribution >= 4 is 5.78 Å². The summed E-state index contributed by atoms with van der Waals surface area (Å²) in [6.07, 6.45) is -0.278. The van der Waals surface area contributed by atoms with Crippen LogP contribution < -0.4 is 0 Å². The van der Waals surface area contributed by atoms with Crippen molar-refractivity contribution in [1.82, 2.24) is 0 Å². The first-order valence-corrected chi connectivity index (χ1v) is 6.46. The van der Waals surface area contributed by atoms with Gasteiger partial charge in [-0.1, -0.05) is 30.3 Å². The van der Waals surface area contributed by atoms with Crippen LogP contribution in [0.25, 0.3) is 0 Å². The number of carbonyl (C=O) groups is 1. The minimum absolute atomic E-state index is 0.0335. The van der Waals surface area contributed by atoms with Gasteiger partial charge in [-0.3, -0.25) is 14.9 Å². The minimum atomic E-state index is -0.753. The highest BCUT2D eigenvalue weighted by atomic mass is 16.6. The van der Waals surface area contributed by atoms with E-state index in [4.69, 9.17) is 4.74 Å². The first-order chi connectivity index (χ1) is 9.13. The van der Waals surface area contributed by atoms with Crippen molar-refractivity contribution in [3.63, 3.8) is 0 Å². The molecule has 0 spiro atoms. The number of nitro groups is 1. The Morgan fingerprint density at radius 2 is 2.05 bits per heavy atom. The van der Waals surface area contributed by atoms with Gasteiger partial charge in [-0.2, -0.15) is 0 Å². The molecule has 102 valence electrons. The van der Waals surface area contributed by atoms with Crippen LogP contribution in [-0.2, 0) is 9.53 Å². The second kappa shape index (κ2) is 5.93. The Balaban J connectivity index is 2.23. The Labute approximate surface area is 111 Å². The van der Waals surface area contributed by atoms with Crippen LogP contribution in [0.15, 0.2) is 30.3 Å². The topological polar surface area (TPSA) is 69.4 Å². The summed E-state index contributed by atoms with van der Waals surface area (Å²) >= 11 is 0. The van der Waals surface area contributed by atoms with Gasteiger partial charge in [-0.15, -0.1) is 0 Å². The van der Waals surface area contributed by atoms with Crippen molar-refractivity contribution in [3.8, 4) is 0 Å². The van der Waals surface area contributed by atoms with Crippen LogP contribution in [-0.4, -0.2) is 29.5 Å². The van der Waals surface area contributed by atoms with Gasteiger partial charge in [-0.05, 0) is 12.5 Å². The molecular weight excluding hydrogens is 246 g/mol. The molecule has 0 N–H and O–H groups in total. The number of nitrogens with zero attached hydrogens (tertiary/aromatic N) is 1. The molecule has 3 atom stereocenters. The van der Waals surface area contributed by atoms with Crippen LogP contribution in [0.1, 0.15) is 31.2 Å². The molecule has 19 heavy (non-hydrogen) atoms. The van der Waals surface area contributed by atoms with Crippen LogP contribution in [0.4, 0.5) is 0 Å². The standard InChI is InChI=1S/C14H17NO4/c1-2-19-14-9-12(15(17)18)11(8-13(14)16)10-6-4-3-5-7-10/h3-7,11-12,14H,2,8-9H2,1H3/t11-,12+,14-/m0/s1. The predicted octanol–water partition coefficient (Wildman–Crippen LogP) is 2.18. The molecular formula is C14H17NO4. The lowest BCUT2D eigenvalue weighted by Gasteiger charge is -2.30. The molecule has 5 nitrogen and oxygen atoms in total. The summed E-state index contributed by atoms with van der Waals surface area (Å²) in [6, 6.07) is 8.47. The predicted molar refractivity (Wildman–Crippen MR) is 69.6 cm³/mol. The Kier molecular flexibility index (Phi) is 4.27. The van der Waals surface area contributed by atoms with E-state index in [2.05, 4.69) is 0 Å². The largest absolute Gasteiger partial charge is 0.370 e. The second-order valence-corrected chi connectivity index (χ2v) is 4.72. The van der Waals surface area contributed by atoms with Gasteiger partial charge >= 0.3 is 0 Å². The fourth-order valence-electron chi connectivity index (χ4n) is 2.63. The minimum Gasteiger partial charge on any atom is -0.370 e. The van der Waals surface area contributed by atoms with Gasteiger partial charge in [0.25, 0.3) is 0 Å². The molecule has 0 amide bonds. The molecule has 0 radical (unpaired) electrons. The van der Waals surface area contributed by atoms with E-state index in [9.17, 15) is 14.9 Å². The lowest BCUT2D eigenvalue weighted by molar-refractivity contribution is -0.530. The maximum Gasteiger partial charge on any atom is 0.223 e. The first kappa shape index (κ1) is 13.7. The van der Waals surface area contributed by atoms with E-state index in [-0.39, 0.29) is 29.5 Å². The fraction of sp³-hybridized carbons (Fsp3) is 0.500. The average molecular weight is 263 g/mol. The summed E-state index contributed by atoms with van der Waals surface area (Å²) < 4.78 is 5.31. The van der Waals surface area contributed by atoms with E-state index >= 15 is 0 Å². The molecule has 1 saturated carbocycles. The molecule has 1 aromatic rings. The van der Waals surface area contributed by atoms with Crippen molar-refractivity contribution in [1.29, 1.82) is 0 Å². The Bertz CT molecular complexity index is 460. The molecule has 5 heteroatoms. The maximum atomic E-state index is 12.0. The highest BCUT2D eigenvalue weighted by Crippen LogP contribution is 2.34. The van der Waals surface area contributed by atoms with Gasteiger partial charge in [0, 0.05) is 24.4 Å². The Morgan fingerprint density at radius 1 is 1.37 bits per heavy atom. The van der Waals surface area contributed by atoms with E-state index < -0.39 is 12.1 Å². The summed E-state index contributed by atoms with van der Waals surface area (Å²) in [5, 5.41) is 11.2. The van der Waals surface area contributed by atoms with Crippen molar-refractivity contribution in [2.45, 2.75) is 37.8 Å². The summed E-state index contributed by atoms with van der Waals surface area (Å²) in [5.41, 5.74) is 0.854. The highest BCUT2D eigenvalue weighted by Gasteiger charge is 2.43. The molecule has 1 aliphatic carbocycles. The summed E-state index contributed by atoms with van der Waals surface area (Å²) in [7, 11) is 0. The molecule has 0 bridgehead atoms. The van der Waals surface area contributed by atoms with Gasteiger partial charge < -0.3 is 4.74 Å². The third-order valence-electron chi connectivity index (χ3n) is 3.57. The molecule has 0 unspecified atom stereocenters. The van der Waals surface area contributed by atoms with E-state index in [0.29, 0.717) is 6.61 Å². The van der Waals surface area contributed by atoms with Gasteiger partial charge in [0.05, 0.1) is 5.92 Å². The zero-order valence-corrected chi connectivity index (χ0v) is 10.8. The number of ketones is 1. The molecule has 0 aromatic heterocycles. The Morgan fingerprint density at radius 3 is 2.63 bits per heavy atom. The van der Waals surface area contributed by atoms with Gasteiger partial charge in [0.15, 0.2) is 5.78 Å². The Hall–Kier alpha value is -1.75. The zero-order valence-electron chi connectivity index (χ0n) is 10.8. The number of rotatable bonds is 4.